The maximum Gasteiger partial charge on any atom is 0.250 e. The van der Waals surface area contributed by atoms with Crippen molar-refractivity contribution in [2.24, 2.45) is 5.73 Å². The van der Waals surface area contributed by atoms with Crippen molar-refractivity contribution in [2.75, 3.05) is 31.6 Å². The predicted octanol–water partition coefficient (Wildman–Crippen LogP) is 1.35. The number of nitrogens with one attached hydrogen (secondary N) is 1. The molecule has 0 saturated carbocycles. The molecule has 2 rings (SSSR count). The molecule has 1 aromatic heterocycles. The molecule has 0 spiro atoms. The molecule has 1 amide bonds. The number of pyridine rings is 1. The minimum atomic E-state index is -0.536. The number of rotatable bonds is 5. The molecule has 0 bridgehead atoms. The lowest BCUT2D eigenvalue weighted by molar-refractivity contribution is -0.0159. The average Bonchev–Trinajstić information content (AvgIpc) is 2.46. The smallest absolute Gasteiger partial charge is 0.250 e. The van der Waals surface area contributed by atoms with E-state index in [1.165, 1.54) is 12.3 Å². The predicted molar refractivity (Wildman–Crippen MR) is 82.7 cm³/mol. The van der Waals surface area contributed by atoms with Gasteiger partial charge < -0.3 is 15.8 Å². The Kier molecular flexibility index (Phi) is 5.39. The summed E-state index contributed by atoms with van der Waals surface area (Å²) in [4.78, 5) is 17.6. The fraction of sp³-hybridized carbons (Fsp3) is 0.571. The summed E-state index contributed by atoms with van der Waals surface area (Å²) in [6.07, 6.45) is 1.43. The molecule has 6 nitrogen and oxygen atoms in total. The van der Waals surface area contributed by atoms with Gasteiger partial charge in [-0.15, -0.1) is 0 Å². The second-order valence-corrected chi connectivity index (χ2v) is 5.72. The summed E-state index contributed by atoms with van der Waals surface area (Å²) in [5.41, 5.74) is 5.50. The van der Waals surface area contributed by atoms with Crippen LogP contribution in [0.15, 0.2) is 12.3 Å². The van der Waals surface area contributed by atoms with Crippen molar-refractivity contribution in [1.29, 1.82) is 0 Å². The van der Waals surface area contributed by atoms with E-state index in [2.05, 4.69) is 29.0 Å². The Bertz CT molecular complexity index is 512. The zero-order valence-corrected chi connectivity index (χ0v) is 13.1. The lowest BCUT2D eigenvalue weighted by atomic mass is 10.2. The van der Waals surface area contributed by atoms with Crippen LogP contribution in [0.25, 0.3) is 0 Å². The maximum absolute atomic E-state index is 11.1. The molecule has 1 saturated heterocycles. The number of nitrogens with zero attached hydrogens (tertiary/aromatic N) is 2. The number of anilines is 1. The Balaban J connectivity index is 1.94. The molecule has 0 aromatic carbocycles. The number of halogens is 1. The number of hydrogen-bond donors (Lipinski definition) is 2. The number of carbonyl (C=O) groups is 1. The van der Waals surface area contributed by atoms with Gasteiger partial charge in [-0.05, 0) is 19.9 Å². The minimum absolute atomic E-state index is 0.306. The van der Waals surface area contributed by atoms with Gasteiger partial charge in [0, 0.05) is 31.4 Å². The van der Waals surface area contributed by atoms with Crippen LogP contribution in [0.1, 0.15) is 24.2 Å². The van der Waals surface area contributed by atoms with Gasteiger partial charge in [0.1, 0.15) is 5.82 Å². The quantitative estimate of drug-likeness (QED) is 0.858. The first-order valence-corrected chi connectivity index (χ1v) is 7.39. The van der Waals surface area contributed by atoms with Gasteiger partial charge in [-0.2, -0.15) is 0 Å². The topological polar surface area (TPSA) is 80.5 Å². The molecule has 1 aliphatic heterocycles. The zero-order chi connectivity index (χ0) is 15.4. The third-order valence-electron chi connectivity index (χ3n) is 3.68. The molecule has 2 heterocycles. The summed E-state index contributed by atoms with van der Waals surface area (Å²) in [6.45, 7) is 7.47. The molecule has 1 aromatic rings. The van der Waals surface area contributed by atoms with E-state index in [1.807, 2.05) is 0 Å². The molecule has 7 heteroatoms. The normalized spacial score (nSPS) is 21.0. The molecular weight excluding hydrogens is 292 g/mol. The molecule has 116 valence electrons. The van der Waals surface area contributed by atoms with Crippen LogP contribution in [0.2, 0.25) is 5.02 Å². The van der Waals surface area contributed by atoms with Crippen LogP contribution in [-0.4, -0.2) is 54.2 Å². The Morgan fingerprint density at radius 1 is 1.71 bits per heavy atom. The highest BCUT2D eigenvalue weighted by molar-refractivity contribution is 6.33. The average molecular weight is 313 g/mol. The first kappa shape index (κ1) is 16.0. The van der Waals surface area contributed by atoms with Gasteiger partial charge in [0.2, 0.25) is 5.91 Å². The number of morpholine rings is 1. The van der Waals surface area contributed by atoms with E-state index in [4.69, 9.17) is 22.1 Å². The standard InChI is InChI=1S/C14H21ClN4O2/c1-9(19-3-4-21-8-10(19)2)6-17-14-12(15)5-11(7-18-14)13(16)20/h5,7,9-10H,3-4,6,8H2,1-2H3,(H2,16,20)(H,17,18)/t9-,10+/m0/s1. The molecule has 1 aliphatic rings. The van der Waals surface area contributed by atoms with Crippen molar-refractivity contribution in [3.05, 3.63) is 22.8 Å². The number of aromatic nitrogens is 1. The van der Waals surface area contributed by atoms with Gasteiger partial charge >= 0.3 is 0 Å². The summed E-state index contributed by atoms with van der Waals surface area (Å²) in [7, 11) is 0. The van der Waals surface area contributed by atoms with E-state index < -0.39 is 5.91 Å². The molecule has 3 N–H and O–H groups in total. The van der Waals surface area contributed by atoms with E-state index >= 15 is 0 Å². The van der Waals surface area contributed by atoms with Crippen molar-refractivity contribution in [1.82, 2.24) is 9.88 Å². The fourth-order valence-electron chi connectivity index (χ4n) is 2.46. The van der Waals surface area contributed by atoms with Crippen molar-refractivity contribution in [3.63, 3.8) is 0 Å². The highest BCUT2D eigenvalue weighted by Gasteiger charge is 2.23. The van der Waals surface area contributed by atoms with Crippen LogP contribution in [0.5, 0.6) is 0 Å². The van der Waals surface area contributed by atoms with Crippen LogP contribution in [0.3, 0.4) is 0 Å². The number of amides is 1. The number of nitrogens with two attached hydrogens (primary N) is 1. The van der Waals surface area contributed by atoms with E-state index in [0.29, 0.717) is 35.0 Å². The Morgan fingerprint density at radius 3 is 3.10 bits per heavy atom. The van der Waals surface area contributed by atoms with Crippen LogP contribution in [0, 0.1) is 0 Å². The van der Waals surface area contributed by atoms with Gasteiger partial charge in [0.25, 0.3) is 0 Å². The van der Waals surface area contributed by atoms with Gasteiger partial charge in [-0.25, -0.2) is 4.98 Å². The van der Waals surface area contributed by atoms with Gasteiger partial charge in [-0.3, -0.25) is 9.69 Å². The SMILES string of the molecule is C[C@@H]1COCCN1[C@@H](C)CNc1ncc(C(N)=O)cc1Cl. The highest BCUT2D eigenvalue weighted by Crippen LogP contribution is 2.20. The van der Waals surface area contributed by atoms with Crippen LogP contribution < -0.4 is 11.1 Å². The summed E-state index contributed by atoms with van der Waals surface area (Å²) in [6, 6.07) is 2.26. The summed E-state index contributed by atoms with van der Waals surface area (Å²) < 4.78 is 5.44. The van der Waals surface area contributed by atoms with Crippen molar-refractivity contribution < 1.29 is 9.53 Å². The first-order valence-electron chi connectivity index (χ1n) is 7.01. The van der Waals surface area contributed by atoms with E-state index in [0.717, 1.165) is 19.8 Å². The number of hydrogen-bond acceptors (Lipinski definition) is 5. The van der Waals surface area contributed by atoms with Gasteiger partial charge in [-0.1, -0.05) is 11.6 Å². The summed E-state index contributed by atoms with van der Waals surface area (Å²) in [5, 5.41) is 3.62. The van der Waals surface area contributed by atoms with Crippen molar-refractivity contribution >= 4 is 23.3 Å². The molecule has 0 unspecified atom stereocenters. The van der Waals surface area contributed by atoms with Crippen LogP contribution in [0.4, 0.5) is 5.82 Å². The molecule has 2 atom stereocenters. The molecule has 0 radical (unpaired) electrons. The monoisotopic (exact) mass is 312 g/mol. The Labute approximate surface area is 129 Å². The number of ether oxygens (including phenoxy) is 1. The Morgan fingerprint density at radius 2 is 2.48 bits per heavy atom. The second-order valence-electron chi connectivity index (χ2n) is 5.31. The summed E-state index contributed by atoms with van der Waals surface area (Å²) >= 11 is 6.10. The minimum Gasteiger partial charge on any atom is -0.379 e. The van der Waals surface area contributed by atoms with Gasteiger partial charge in [0.15, 0.2) is 0 Å². The third kappa shape index (κ3) is 4.06. The van der Waals surface area contributed by atoms with Crippen molar-refractivity contribution in [2.45, 2.75) is 25.9 Å². The first-order chi connectivity index (χ1) is 9.99. The van der Waals surface area contributed by atoms with E-state index in [-0.39, 0.29) is 0 Å². The fourth-order valence-corrected chi connectivity index (χ4v) is 2.69. The maximum atomic E-state index is 11.1. The molecule has 0 aliphatic carbocycles. The van der Waals surface area contributed by atoms with Gasteiger partial charge in [0.05, 0.1) is 23.8 Å². The van der Waals surface area contributed by atoms with E-state index in [1.54, 1.807) is 0 Å². The Hall–Kier alpha value is -1.37. The lowest BCUT2D eigenvalue weighted by Crippen LogP contribution is -2.50. The lowest BCUT2D eigenvalue weighted by Gasteiger charge is -2.38. The zero-order valence-electron chi connectivity index (χ0n) is 12.3. The second kappa shape index (κ2) is 7.06. The summed E-state index contributed by atoms with van der Waals surface area (Å²) in [5.74, 6) is 0.0286. The highest BCUT2D eigenvalue weighted by atomic mass is 35.5. The number of carbonyl (C=O) groups excluding carboxylic acids is 1. The molecular formula is C14H21ClN4O2. The third-order valence-corrected chi connectivity index (χ3v) is 3.96. The van der Waals surface area contributed by atoms with Crippen LogP contribution >= 0.6 is 11.6 Å². The van der Waals surface area contributed by atoms with E-state index in [9.17, 15) is 4.79 Å². The largest absolute Gasteiger partial charge is 0.379 e. The molecule has 21 heavy (non-hydrogen) atoms. The molecule has 1 fully saturated rings. The van der Waals surface area contributed by atoms with Crippen molar-refractivity contribution in [3.8, 4) is 0 Å². The van der Waals surface area contributed by atoms with Crippen LogP contribution in [-0.2, 0) is 4.74 Å². The number of primary amides is 1.